The molecule has 0 saturated carbocycles. The van der Waals surface area contributed by atoms with Gasteiger partial charge in [0.2, 0.25) is 5.39 Å². The third kappa shape index (κ3) is 6.48. The first-order valence-electron chi connectivity index (χ1n) is 3.83. The molecule has 0 bridgehead atoms. The molecule has 0 aliphatic heterocycles. The number of nitrogens with zero attached hydrogens (tertiary/aromatic N) is 2. The molecule has 88 valence electrons. The molecule has 0 aromatic heterocycles. The minimum absolute atomic E-state index is 0.359. The van der Waals surface area contributed by atoms with Gasteiger partial charge in [0, 0.05) is 10.6 Å². The molecule has 0 heterocycles. The van der Waals surface area contributed by atoms with E-state index in [-0.39, 0.29) is 0 Å². The van der Waals surface area contributed by atoms with E-state index in [1.54, 1.807) is 13.0 Å². The Morgan fingerprint density at radius 2 is 1.62 bits per heavy atom. The van der Waals surface area contributed by atoms with Crippen molar-refractivity contribution in [1.82, 2.24) is 0 Å². The lowest BCUT2D eigenvalue weighted by molar-refractivity contribution is 0.368. The number of benzene rings is 1. The van der Waals surface area contributed by atoms with Gasteiger partial charge in [-0.1, -0.05) is 23.2 Å². The maximum atomic E-state index is 9.75. The number of aryl methyl sites for hydroxylation is 1. The van der Waals surface area contributed by atoms with Crippen molar-refractivity contribution in [3.63, 3.8) is 0 Å². The summed E-state index contributed by atoms with van der Waals surface area (Å²) >= 11 is 11.4. The van der Waals surface area contributed by atoms with E-state index in [2.05, 4.69) is 4.98 Å². The summed E-state index contributed by atoms with van der Waals surface area (Å²) in [5, 5.41) is 9.39. The number of rotatable bonds is 0. The first-order valence-corrected chi connectivity index (χ1v) is 4.59. The van der Waals surface area contributed by atoms with Crippen LogP contribution in [0.5, 0.6) is 0 Å². The summed E-state index contributed by atoms with van der Waals surface area (Å²) in [4.78, 5) is 3.02. The van der Waals surface area contributed by atoms with Gasteiger partial charge >= 0.3 is 12.9 Å². The summed E-state index contributed by atoms with van der Waals surface area (Å²) in [6.45, 7) is 1.77. The van der Waals surface area contributed by atoms with Crippen LogP contribution >= 0.6 is 23.2 Å². The van der Waals surface area contributed by atoms with Crippen LogP contribution in [0.1, 0.15) is 5.56 Å². The molecule has 0 atom stereocenters. The largest absolute Gasteiger partial charge is 0.673 e. The summed E-state index contributed by atoms with van der Waals surface area (Å²) in [5.74, 6) is 0. The van der Waals surface area contributed by atoms with Crippen LogP contribution in [0.4, 0.5) is 23.0 Å². The van der Waals surface area contributed by atoms with Gasteiger partial charge in [-0.15, -0.1) is 0 Å². The molecule has 1 aromatic rings. The minimum atomic E-state index is -6.00. The highest BCUT2D eigenvalue weighted by Gasteiger charge is 2.20. The summed E-state index contributed by atoms with van der Waals surface area (Å²) in [7, 11) is -6.00. The van der Waals surface area contributed by atoms with Crippen LogP contribution in [-0.4, -0.2) is 7.25 Å². The zero-order chi connectivity index (χ0) is 12.9. The Morgan fingerprint density at radius 1 is 1.19 bits per heavy atom. The van der Waals surface area contributed by atoms with E-state index in [0.717, 1.165) is 5.56 Å². The quantitative estimate of drug-likeness (QED) is 0.368. The average molecular weight is 275 g/mol. The van der Waals surface area contributed by atoms with Gasteiger partial charge in [-0.3, -0.25) is 0 Å². The van der Waals surface area contributed by atoms with Crippen molar-refractivity contribution in [2.75, 3.05) is 0 Å². The van der Waals surface area contributed by atoms with E-state index >= 15 is 0 Å². The zero-order valence-corrected chi connectivity index (χ0v) is 9.41. The summed E-state index contributed by atoms with van der Waals surface area (Å²) in [5.41, 5.74) is 1.13. The van der Waals surface area contributed by atoms with Gasteiger partial charge in [0.05, 0.1) is 0 Å². The molecular weight excluding hydrogens is 270 g/mol. The molecule has 0 N–H and O–H groups in total. The third-order valence-electron chi connectivity index (χ3n) is 1.32. The van der Waals surface area contributed by atoms with Gasteiger partial charge in [0.15, 0.2) is 4.98 Å². The lowest BCUT2D eigenvalue weighted by Gasteiger charge is -1.94. The molecule has 1 aromatic carbocycles. The van der Waals surface area contributed by atoms with Crippen LogP contribution in [0.3, 0.4) is 0 Å². The highest BCUT2D eigenvalue weighted by molar-refractivity contribution is 6.50. The molecule has 0 radical (unpaired) electrons. The topological polar surface area (TPSA) is 28.1 Å². The SMILES string of the molecule is Cc1cc(Cl)cc(Cl)c1[N+]#N.F[B-](F)(F)F. The lowest BCUT2D eigenvalue weighted by Crippen LogP contribution is -2.02. The van der Waals surface area contributed by atoms with Crippen molar-refractivity contribution in [2.24, 2.45) is 0 Å². The highest BCUT2D eigenvalue weighted by atomic mass is 35.5. The van der Waals surface area contributed by atoms with Crippen molar-refractivity contribution in [3.05, 3.63) is 32.7 Å². The molecule has 0 fully saturated rings. The Bertz CT molecular complexity index is 387. The summed E-state index contributed by atoms with van der Waals surface area (Å²) < 4.78 is 39.0. The normalized spacial score (nSPS) is 10.1. The molecule has 0 saturated heterocycles. The fourth-order valence-corrected chi connectivity index (χ4v) is 1.45. The van der Waals surface area contributed by atoms with E-state index < -0.39 is 7.25 Å². The van der Waals surface area contributed by atoms with Crippen LogP contribution in [-0.2, 0) is 0 Å². The predicted octanol–water partition coefficient (Wildman–Crippen LogP) is 5.09. The lowest BCUT2D eigenvalue weighted by atomic mass is 10.2. The van der Waals surface area contributed by atoms with E-state index in [0.29, 0.717) is 15.7 Å². The number of diazo groups is 1. The minimum Gasteiger partial charge on any atom is -0.418 e. The molecule has 16 heavy (non-hydrogen) atoms. The molecule has 0 amide bonds. The maximum absolute atomic E-state index is 9.75. The van der Waals surface area contributed by atoms with E-state index in [4.69, 9.17) is 28.6 Å². The fraction of sp³-hybridized carbons (Fsp3) is 0.143. The van der Waals surface area contributed by atoms with Crippen molar-refractivity contribution in [3.8, 4) is 0 Å². The van der Waals surface area contributed by atoms with Crippen LogP contribution in [0.15, 0.2) is 12.1 Å². The van der Waals surface area contributed by atoms with Crippen molar-refractivity contribution >= 4 is 36.1 Å². The van der Waals surface area contributed by atoms with Gasteiger partial charge in [-0.2, -0.15) is 0 Å². The number of hydrogen-bond donors (Lipinski definition) is 0. The second-order valence-electron chi connectivity index (χ2n) is 2.65. The second-order valence-corrected chi connectivity index (χ2v) is 3.49. The van der Waals surface area contributed by atoms with Gasteiger partial charge < -0.3 is 17.3 Å². The van der Waals surface area contributed by atoms with E-state index in [9.17, 15) is 17.3 Å². The standard InChI is InChI=1S/C7H5Cl2N2.BF4/c1-4-2-5(8)3-6(9)7(4)11-10;2-1(3,4)5/h2-3H,1H3;/q+1;-1. The molecule has 2 nitrogen and oxygen atoms in total. The monoisotopic (exact) mass is 274 g/mol. The van der Waals surface area contributed by atoms with Crippen molar-refractivity contribution in [1.29, 1.82) is 5.39 Å². The number of hydrogen-bond acceptors (Lipinski definition) is 1. The smallest absolute Gasteiger partial charge is 0.418 e. The molecule has 0 unspecified atom stereocenters. The third-order valence-corrected chi connectivity index (χ3v) is 1.83. The predicted molar refractivity (Wildman–Crippen MR) is 56.1 cm³/mol. The average Bonchev–Trinajstić information content (AvgIpc) is 1.99. The van der Waals surface area contributed by atoms with Gasteiger partial charge in [-0.25, -0.2) is 0 Å². The van der Waals surface area contributed by atoms with Gasteiger partial charge in [0.25, 0.3) is 0 Å². The zero-order valence-electron chi connectivity index (χ0n) is 7.89. The Balaban J connectivity index is 0.000000385. The van der Waals surface area contributed by atoms with Gasteiger partial charge in [-0.05, 0) is 19.1 Å². The van der Waals surface area contributed by atoms with Crippen LogP contribution < -0.4 is 0 Å². The van der Waals surface area contributed by atoms with Gasteiger partial charge in [0.1, 0.15) is 5.02 Å². The first kappa shape index (κ1) is 15.0. The van der Waals surface area contributed by atoms with E-state index in [1.165, 1.54) is 6.07 Å². The first-order chi connectivity index (χ1) is 7.15. The Kier molecular flexibility index (Phi) is 5.55. The van der Waals surface area contributed by atoms with Crippen LogP contribution in [0, 0.1) is 12.3 Å². The fourth-order valence-electron chi connectivity index (χ4n) is 0.821. The maximum Gasteiger partial charge on any atom is 0.673 e. The Hall–Kier alpha value is -0.995. The molecule has 9 heteroatoms. The van der Waals surface area contributed by atoms with Crippen molar-refractivity contribution in [2.45, 2.75) is 6.92 Å². The van der Waals surface area contributed by atoms with Crippen LogP contribution in [0.2, 0.25) is 10.0 Å². The number of halogens is 6. The summed E-state index contributed by atoms with van der Waals surface area (Å²) in [6.07, 6.45) is 0. The van der Waals surface area contributed by atoms with Crippen LogP contribution in [0.25, 0.3) is 4.98 Å². The molecule has 0 aliphatic carbocycles. The summed E-state index contributed by atoms with van der Waals surface area (Å²) in [6, 6.07) is 3.22. The molecular formula is C7H5BCl2F4N2. The second kappa shape index (κ2) is 5.92. The van der Waals surface area contributed by atoms with E-state index in [1.807, 2.05) is 0 Å². The Labute approximate surface area is 98.9 Å². The molecule has 0 aliphatic rings. The van der Waals surface area contributed by atoms with Crippen molar-refractivity contribution < 1.29 is 17.3 Å². The molecule has 1 rings (SSSR count). The highest BCUT2D eigenvalue weighted by Crippen LogP contribution is 2.31. The molecule has 0 spiro atoms. The Morgan fingerprint density at radius 3 is 1.94 bits per heavy atom.